The predicted octanol–water partition coefficient (Wildman–Crippen LogP) is 2.54. The lowest BCUT2D eigenvalue weighted by Crippen LogP contribution is -2.41. The van der Waals surface area contributed by atoms with Crippen molar-refractivity contribution in [3.05, 3.63) is 35.4 Å². The summed E-state index contributed by atoms with van der Waals surface area (Å²) < 4.78 is 0. The van der Waals surface area contributed by atoms with Crippen molar-refractivity contribution in [2.45, 2.75) is 26.8 Å². The molecule has 1 fully saturated rings. The molecule has 3 heteroatoms. The second kappa shape index (κ2) is 5.53. The van der Waals surface area contributed by atoms with Crippen LogP contribution in [0.3, 0.4) is 0 Å². The number of hydrogen-bond acceptors (Lipinski definition) is 2. The van der Waals surface area contributed by atoms with Crippen LogP contribution in [0.4, 0.5) is 0 Å². The standard InChI is InChI=1S/C15H21NO2/c1-11-3-5-13(6-4-11)10-16-8-7-14(15(17)18)12(2)9-16/h3-6,12,14H,7-10H2,1-2H3,(H,17,18). The molecule has 18 heavy (non-hydrogen) atoms. The molecular weight excluding hydrogens is 226 g/mol. The first-order chi connectivity index (χ1) is 8.56. The number of hydrogen-bond donors (Lipinski definition) is 1. The van der Waals surface area contributed by atoms with E-state index < -0.39 is 5.97 Å². The number of carbonyl (C=O) groups is 1. The van der Waals surface area contributed by atoms with E-state index in [0.29, 0.717) is 0 Å². The monoisotopic (exact) mass is 247 g/mol. The van der Waals surface area contributed by atoms with Crippen LogP contribution in [-0.4, -0.2) is 29.1 Å². The van der Waals surface area contributed by atoms with Gasteiger partial charge in [0.05, 0.1) is 5.92 Å². The van der Waals surface area contributed by atoms with E-state index in [1.807, 2.05) is 6.92 Å². The topological polar surface area (TPSA) is 40.5 Å². The molecule has 1 aromatic rings. The number of piperidine rings is 1. The lowest BCUT2D eigenvalue weighted by atomic mass is 9.87. The third-order valence-electron chi connectivity index (χ3n) is 3.83. The van der Waals surface area contributed by atoms with E-state index in [0.717, 1.165) is 26.1 Å². The fraction of sp³-hybridized carbons (Fsp3) is 0.533. The summed E-state index contributed by atoms with van der Waals surface area (Å²) in [7, 11) is 0. The summed E-state index contributed by atoms with van der Waals surface area (Å²) in [5.74, 6) is -0.571. The molecular formula is C15H21NO2. The van der Waals surface area contributed by atoms with Gasteiger partial charge in [0.1, 0.15) is 0 Å². The summed E-state index contributed by atoms with van der Waals surface area (Å²) in [6.07, 6.45) is 0.766. The average Bonchev–Trinajstić information content (AvgIpc) is 2.32. The first-order valence-electron chi connectivity index (χ1n) is 6.57. The van der Waals surface area contributed by atoms with Crippen LogP contribution in [0.1, 0.15) is 24.5 Å². The number of carboxylic acid groups (broad SMARTS) is 1. The van der Waals surface area contributed by atoms with Crippen LogP contribution in [0.25, 0.3) is 0 Å². The Morgan fingerprint density at radius 1 is 1.39 bits per heavy atom. The number of benzene rings is 1. The smallest absolute Gasteiger partial charge is 0.306 e. The minimum atomic E-state index is -0.641. The number of carboxylic acids is 1. The van der Waals surface area contributed by atoms with Gasteiger partial charge >= 0.3 is 5.97 Å². The van der Waals surface area contributed by atoms with Gasteiger partial charge in [-0.25, -0.2) is 0 Å². The first kappa shape index (κ1) is 13.1. The van der Waals surface area contributed by atoms with Crippen LogP contribution in [-0.2, 0) is 11.3 Å². The predicted molar refractivity (Wildman–Crippen MR) is 71.4 cm³/mol. The quantitative estimate of drug-likeness (QED) is 0.892. The Hall–Kier alpha value is -1.35. The molecule has 0 amide bonds. The molecule has 2 unspecified atom stereocenters. The Labute approximate surface area is 108 Å². The number of aryl methyl sites for hydroxylation is 1. The molecule has 2 atom stereocenters. The Bertz CT molecular complexity index is 413. The summed E-state index contributed by atoms with van der Waals surface area (Å²) in [5, 5.41) is 9.10. The van der Waals surface area contributed by atoms with Gasteiger partial charge in [-0.2, -0.15) is 0 Å². The van der Waals surface area contributed by atoms with Gasteiger partial charge < -0.3 is 5.11 Å². The van der Waals surface area contributed by atoms with Gasteiger partial charge in [-0.3, -0.25) is 9.69 Å². The summed E-state index contributed by atoms with van der Waals surface area (Å²) >= 11 is 0. The van der Waals surface area contributed by atoms with Gasteiger partial charge in [0.15, 0.2) is 0 Å². The van der Waals surface area contributed by atoms with Gasteiger partial charge in [0.2, 0.25) is 0 Å². The van der Waals surface area contributed by atoms with Crippen LogP contribution in [0.15, 0.2) is 24.3 Å². The fourth-order valence-electron chi connectivity index (χ4n) is 2.69. The zero-order valence-electron chi connectivity index (χ0n) is 11.1. The molecule has 1 heterocycles. The third kappa shape index (κ3) is 3.10. The van der Waals surface area contributed by atoms with Crippen molar-refractivity contribution in [2.75, 3.05) is 13.1 Å². The molecule has 2 rings (SSSR count). The highest BCUT2D eigenvalue weighted by molar-refractivity contribution is 5.70. The van der Waals surface area contributed by atoms with Crippen molar-refractivity contribution in [2.24, 2.45) is 11.8 Å². The molecule has 0 bridgehead atoms. The summed E-state index contributed by atoms with van der Waals surface area (Å²) in [5.41, 5.74) is 2.58. The van der Waals surface area contributed by atoms with E-state index in [2.05, 4.69) is 36.1 Å². The zero-order valence-corrected chi connectivity index (χ0v) is 11.1. The van der Waals surface area contributed by atoms with Gasteiger partial charge in [-0.05, 0) is 31.4 Å². The Morgan fingerprint density at radius 2 is 2.06 bits per heavy atom. The van der Waals surface area contributed by atoms with Crippen LogP contribution < -0.4 is 0 Å². The number of nitrogens with zero attached hydrogens (tertiary/aromatic N) is 1. The van der Waals surface area contributed by atoms with Crippen LogP contribution in [0.5, 0.6) is 0 Å². The molecule has 0 spiro atoms. The number of rotatable bonds is 3. The Morgan fingerprint density at radius 3 is 2.61 bits per heavy atom. The van der Waals surface area contributed by atoms with Gasteiger partial charge in [0, 0.05) is 13.1 Å². The molecule has 1 N–H and O–H groups in total. The van der Waals surface area contributed by atoms with Crippen molar-refractivity contribution in [3.8, 4) is 0 Å². The van der Waals surface area contributed by atoms with E-state index in [4.69, 9.17) is 5.11 Å². The molecule has 1 aliphatic rings. The lowest BCUT2D eigenvalue weighted by Gasteiger charge is -2.34. The first-order valence-corrected chi connectivity index (χ1v) is 6.57. The normalized spacial score (nSPS) is 25.0. The van der Waals surface area contributed by atoms with Crippen LogP contribution in [0, 0.1) is 18.8 Å². The highest BCUT2D eigenvalue weighted by atomic mass is 16.4. The second-order valence-corrected chi connectivity index (χ2v) is 5.43. The van der Waals surface area contributed by atoms with Gasteiger partial charge in [-0.1, -0.05) is 36.8 Å². The summed E-state index contributed by atoms with van der Waals surface area (Å²) in [6, 6.07) is 8.57. The van der Waals surface area contributed by atoms with Crippen molar-refractivity contribution in [1.29, 1.82) is 0 Å². The Balaban J connectivity index is 1.93. The van der Waals surface area contributed by atoms with Crippen molar-refractivity contribution in [3.63, 3.8) is 0 Å². The molecule has 0 aliphatic carbocycles. The summed E-state index contributed by atoms with van der Waals surface area (Å²) in [6.45, 7) is 6.82. The van der Waals surface area contributed by atoms with Crippen molar-refractivity contribution < 1.29 is 9.90 Å². The minimum Gasteiger partial charge on any atom is -0.481 e. The molecule has 1 aliphatic heterocycles. The average molecular weight is 247 g/mol. The van der Waals surface area contributed by atoms with E-state index in [1.54, 1.807) is 0 Å². The maximum absolute atomic E-state index is 11.0. The molecule has 3 nitrogen and oxygen atoms in total. The zero-order chi connectivity index (χ0) is 13.1. The van der Waals surface area contributed by atoms with Gasteiger partial charge in [-0.15, -0.1) is 0 Å². The number of aliphatic carboxylic acids is 1. The maximum Gasteiger partial charge on any atom is 0.306 e. The van der Waals surface area contributed by atoms with Crippen LogP contribution >= 0.6 is 0 Å². The van der Waals surface area contributed by atoms with Crippen molar-refractivity contribution in [1.82, 2.24) is 4.90 Å². The van der Waals surface area contributed by atoms with Crippen molar-refractivity contribution >= 4 is 5.97 Å². The molecule has 0 radical (unpaired) electrons. The molecule has 98 valence electrons. The third-order valence-corrected chi connectivity index (χ3v) is 3.83. The molecule has 0 saturated carbocycles. The second-order valence-electron chi connectivity index (χ2n) is 5.43. The summed E-state index contributed by atoms with van der Waals surface area (Å²) in [4.78, 5) is 13.4. The molecule has 1 saturated heterocycles. The van der Waals surface area contributed by atoms with E-state index >= 15 is 0 Å². The minimum absolute atomic E-state index is 0.167. The maximum atomic E-state index is 11.0. The van der Waals surface area contributed by atoms with E-state index in [-0.39, 0.29) is 11.8 Å². The van der Waals surface area contributed by atoms with Gasteiger partial charge in [0.25, 0.3) is 0 Å². The highest BCUT2D eigenvalue weighted by Gasteiger charge is 2.30. The lowest BCUT2D eigenvalue weighted by molar-refractivity contribution is -0.145. The van der Waals surface area contributed by atoms with E-state index in [1.165, 1.54) is 11.1 Å². The molecule has 1 aromatic carbocycles. The number of likely N-dealkylation sites (tertiary alicyclic amines) is 1. The fourth-order valence-corrected chi connectivity index (χ4v) is 2.69. The SMILES string of the molecule is Cc1ccc(CN2CCC(C(=O)O)C(C)C2)cc1. The van der Waals surface area contributed by atoms with E-state index in [9.17, 15) is 4.79 Å². The molecule has 0 aromatic heterocycles. The highest BCUT2D eigenvalue weighted by Crippen LogP contribution is 2.24. The Kier molecular flexibility index (Phi) is 4.02. The largest absolute Gasteiger partial charge is 0.481 e. The van der Waals surface area contributed by atoms with Crippen LogP contribution in [0.2, 0.25) is 0 Å².